The van der Waals surface area contributed by atoms with Crippen molar-refractivity contribution in [3.63, 3.8) is 0 Å². The van der Waals surface area contributed by atoms with E-state index in [0.29, 0.717) is 22.4 Å². The van der Waals surface area contributed by atoms with E-state index in [1.54, 1.807) is 18.2 Å². The summed E-state index contributed by atoms with van der Waals surface area (Å²) >= 11 is 0. The summed E-state index contributed by atoms with van der Waals surface area (Å²) < 4.78 is 40.4. The molecule has 1 aliphatic heterocycles. The van der Waals surface area contributed by atoms with Crippen LogP contribution < -0.4 is 9.64 Å². The Labute approximate surface area is 140 Å². The second-order valence-corrected chi connectivity index (χ2v) is 5.47. The van der Waals surface area contributed by atoms with E-state index in [1.165, 1.54) is 29.2 Å². The van der Waals surface area contributed by atoms with Crippen molar-refractivity contribution in [3.8, 4) is 16.9 Å². The number of benzene rings is 2. The zero-order valence-electron chi connectivity index (χ0n) is 12.7. The number of hydrogen-bond donors (Lipinski definition) is 1. The molecule has 130 valence electrons. The Bertz CT molecular complexity index is 831. The topological polar surface area (TPSA) is 66.8 Å². The first-order valence-corrected chi connectivity index (χ1v) is 7.24. The number of hydrogen-bond acceptors (Lipinski definition) is 3. The molecule has 2 aromatic rings. The van der Waals surface area contributed by atoms with Crippen LogP contribution in [0.2, 0.25) is 0 Å². The Balaban J connectivity index is 1.85. The normalized spacial score (nSPS) is 13.7. The van der Waals surface area contributed by atoms with Gasteiger partial charge in [0.05, 0.1) is 6.42 Å². The van der Waals surface area contributed by atoms with Gasteiger partial charge in [0.2, 0.25) is 5.91 Å². The van der Waals surface area contributed by atoms with Crippen LogP contribution in [0.15, 0.2) is 42.5 Å². The van der Waals surface area contributed by atoms with Gasteiger partial charge in [0.1, 0.15) is 12.3 Å². The molecule has 1 N–H and O–H groups in total. The Morgan fingerprint density at radius 2 is 1.76 bits per heavy atom. The highest BCUT2D eigenvalue weighted by atomic mass is 19.4. The molecule has 5 nitrogen and oxygen atoms in total. The molecule has 0 bridgehead atoms. The summed E-state index contributed by atoms with van der Waals surface area (Å²) in [6.07, 6.45) is -4.66. The zero-order valence-corrected chi connectivity index (χ0v) is 12.7. The minimum Gasteiger partial charge on any atom is -0.480 e. The highest BCUT2D eigenvalue weighted by Gasteiger charge is 2.31. The van der Waals surface area contributed by atoms with E-state index in [-0.39, 0.29) is 18.1 Å². The maximum Gasteiger partial charge on any atom is 0.573 e. The van der Waals surface area contributed by atoms with Crippen LogP contribution in [-0.4, -0.2) is 29.9 Å². The SMILES string of the molecule is O=C(O)CN1C(=O)Cc2cc(-c3ccc(OC(F)(F)F)cc3)ccc21. The molecule has 25 heavy (non-hydrogen) atoms. The highest BCUT2D eigenvalue weighted by molar-refractivity contribution is 6.04. The third-order valence-corrected chi connectivity index (χ3v) is 3.73. The van der Waals surface area contributed by atoms with Gasteiger partial charge in [-0.2, -0.15) is 0 Å². The number of halogens is 3. The molecule has 1 amide bonds. The summed E-state index contributed by atoms with van der Waals surface area (Å²) in [6, 6.07) is 10.4. The van der Waals surface area contributed by atoms with Crippen LogP contribution in [0.4, 0.5) is 18.9 Å². The number of ether oxygens (including phenoxy) is 1. The average Bonchev–Trinajstić information content (AvgIpc) is 2.81. The average molecular weight is 351 g/mol. The second-order valence-electron chi connectivity index (χ2n) is 5.47. The van der Waals surface area contributed by atoms with Crippen molar-refractivity contribution in [1.82, 2.24) is 0 Å². The van der Waals surface area contributed by atoms with Gasteiger partial charge in [-0.3, -0.25) is 9.59 Å². The summed E-state index contributed by atoms with van der Waals surface area (Å²) in [4.78, 5) is 24.0. The molecule has 0 saturated heterocycles. The summed E-state index contributed by atoms with van der Waals surface area (Å²) in [5.41, 5.74) is 2.58. The predicted molar refractivity (Wildman–Crippen MR) is 82.3 cm³/mol. The minimum atomic E-state index is -4.75. The fraction of sp³-hybridized carbons (Fsp3) is 0.176. The quantitative estimate of drug-likeness (QED) is 0.918. The Morgan fingerprint density at radius 1 is 1.12 bits per heavy atom. The van der Waals surface area contributed by atoms with E-state index >= 15 is 0 Å². The molecule has 3 rings (SSSR count). The van der Waals surface area contributed by atoms with Crippen molar-refractivity contribution in [2.24, 2.45) is 0 Å². The first-order valence-electron chi connectivity index (χ1n) is 7.24. The Kier molecular flexibility index (Phi) is 4.12. The number of carbonyl (C=O) groups is 2. The molecular formula is C17H12F3NO4. The molecule has 0 unspecified atom stereocenters. The lowest BCUT2D eigenvalue weighted by Gasteiger charge is -2.15. The number of aliphatic carboxylic acids is 1. The van der Waals surface area contributed by atoms with E-state index in [2.05, 4.69) is 4.74 Å². The zero-order chi connectivity index (χ0) is 18.2. The van der Waals surface area contributed by atoms with Crippen LogP contribution in [0.1, 0.15) is 5.56 Å². The molecule has 1 heterocycles. The lowest BCUT2D eigenvalue weighted by Crippen LogP contribution is -2.32. The number of carboxylic acid groups (broad SMARTS) is 1. The molecule has 0 saturated carbocycles. The first kappa shape index (κ1) is 16.8. The van der Waals surface area contributed by atoms with Crippen LogP contribution in [-0.2, 0) is 16.0 Å². The number of nitrogens with zero attached hydrogens (tertiary/aromatic N) is 1. The van der Waals surface area contributed by atoms with Gasteiger partial charge in [-0.1, -0.05) is 18.2 Å². The van der Waals surface area contributed by atoms with E-state index in [1.807, 2.05) is 0 Å². The van der Waals surface area contributed by atoms with Gasteiger partial charge in [-0.05, 0) is 41.0 Å². The maximum atomic E-state index is 12.2. The molecule has 2 aromatic carbocycles. The van der Waals surface area contributed by atoms with E-state index in [4.69, 9.17) is 5.11 Å². The van der Waals surface area contributed by atoms with Gasteiger partial charge in [0, 0.05) is 5.69 Å². The fourth-order valence-electron chi connectivity index (χ4n) is 2.72. The lowest BCUT2D eigenvalue weighted by atomic mass is 10.0. The van der Waals surface area contributed by atoms with Gasteiger partial charge in [-0.15, -0.1) is 13.2 Å². The summed E-state index contributed by atoms with van der Waals surface area (Å²) in [5, 5.41) is 8.87. The summed E-state index contributed by atoms with van der Waals surface area (Å²) in [5.74, 6) is -1.73. The smallest absolute Gasteiger partial charge is 0.480 e. The van der Waals surface area contributed by atoms with Crippen molar-refractivity contribution in [3.05, 3.63) is 48.0 Å². The third kappa shape index (κ3) is 3.73. The number of anilines is 1. The van der Waals surface area contributed by atoms with Crippen molar-refractivity contribution in [2.75, 3.05) is 11.4 Å². The van der Waals surface area contributed by atoms with Gasteiger partial charge < -0.3 is 14.7 Å². The fourth-order valence-corrected chi connectivity index (χ4v) is 2.72. The van der Waals surface area contributed by atoms with E-state index in [9.17, 15) is 22.8 Å². The highest BCUT2D eigenvalue weighted by Crippen LogP contribution is 2.33. The van der Waals surface area contributed by atoms with Crippen LogP contribution >= 0.6 is 0 Å². The molecular weight excluding hydrogens is 339 g/mol. The van der Waals surface area contributed by atoms with Crippen LogP contribution in [0.5, 0.6) is 5.75 Å². The first-order chi connectivity index (χ1) is 11.7. The number of alkyl halides is 3. The van der Waals surface area contributed by atoms with Crippen LogP contribution in [0, 0.1) is 0 Å². The lowest BCUT2D eigenvalue weighted by molar-refractivity contribution is -0.274. The standard InChI is InChI=1S/C17H12F3NO4/c18-17(19,20)25-13-4-1-10(2-5-13)11-3-6-14-12(7-11)8-15(22)21(14)9-16(23)24/h1-7H,8-9H2,(H,23,24). The van der Waals surface area contributed by atoms with Gasteiger partial charge in [0.15, 0.2) is 0 Å². The van der Waals surface area contributed by atoms with Crippen molar-refractivity contribution < 1.29 is 32.6 Å². The van der Waals surface area contributed by atoms with Crippen molar-refractivity contribution >= 4 is 17.6 Å². The monoisotopic (exact) mass is 351 g/mol. The van der Waals surface area contributed by atoms with E-state index in [0.717, 1.165) is 0 Å². The maximum absolute atomic E-state index is 12.2. The molecule has 8 heteroatoms. The predicted octanol–water partition coefficient (Wildman–Crippen LogP) is 3.23. The molecule has 0 atom stereocenters. The molecule has 0 aliphatic carbocycles. The Hall–Kier alpha value is -3.03. The number of carboxylic acids is 1. The van der Waals surface area contributed by atoms with Gasteiger partial charge in [-0.25, -0.2) is 0 Å². The third-order valence-electron chi connectivity index (χ3n) is 3.73. The van der Waals surface area contributed by atoms with Crippen LogP contribution in [0.25, 0.3) is 11.1 Å². The number of carbonyl (C=O) groups excluding carboxylic acids is 1. The van der Waals surface area contributed by atoms with Gasteiger partial charge in [0.25, 0.3) is 0 Å². The molecule has 0 spiro atoms. The van der Waals surface area contributed by atoms with Gasteiger partial charge >= 0.3 is 12.3 Å². The number of amides is 1. The van der Waals surface area contributed by atoms with Crippen molar-refractivity contribution in [1.29, 1.82) is 0 Å². The number of fused-ring (bicyclic) bond motifs is 1. The van der Waals surface area contributed by atoms with Crippen molar-refractivity contribution in [2.45, 2.75) is 12.8 Å². The molecule has 0 fully saturated rings. The summed E-state index contributed by atoms with van der Waals surface area (Å²) in [6.45, 7) is -0.408. The molecule has 0 aromatic heterocycles. The Morgan fingerprint density at radius 3 is 2.36 bits per heavy atom. The van der Waals surface area contributed by atoms with Crippen LogP contribution in [0.3, 0.4) is 0 Å². The summed E-state index contributed by atoms with van der Waals surface area (Å²) in [7, 11) is 0. The van der Waals surface area contributed by atoms with E-state index < -0.39 is 18.9 Å². The number of rotatable bonds is 4. The molecule has 1 aliphatic rings. The minimum absolute atomic E-state index is 0.0890. The largest absolute Gasteiger partial charge is 0.573 e. The molecule has 0 radical (unpaired) electrons. The second kappa shape index (κ2) is 6.12.